The third-order valence-corrected chi connectivity index (χ3v) is 6.62. The number of rotatable bonds is 8. The van der Waals surface area contributed by atoms with Crippen LogP contribution in [0.2, 0.25) is 0 Å². The third-order valence-electron chi connectivity index (χ3n) is 6.62. The molecule has 2 aromatic carbocycles. The van der Waals surface area contributed by atoms with Gasteiger partial charge in [0.1, 0.15) is 11.5 Å². The Labute approximate surface area is 215 Å². The molecular weight excluding hydrogens is 476 g/mol. The van der Waals surface area contributed by atoms with E-state index < -0.39 is 11.8 Å². The summed E-state index contributed by atoms with van der Waals surface area (Å²) >= 11 is 0. The lowest BCUT2D eigenvalue weighted by Crippen LogP contribution is -2.50. The van der Waals surface area contributed by atoms with Gasteiger partial charge in [0, 0.05) is 45.0 Å². The smallest absolute Gasteiger partial charge is 0.309 e. The van der Waals surface area contributed by atoms with Crippen molar-refractivity contribution in [3.8, 4) is 17.2 Å². The monoisotopic (exact) mass is 506 g/mol. The molecule has 10 nitrogen and oxygen atoms in total. The van der Waals surface area contributed by atoms with Gasteiger partial charge in [-0.05, 0) is 54.1 Å². The van der Waals surface area contributed by atoms with E-state index >= 15 is 0 Å². The van der Waals surface area contributed by atoms with E-state index in [0.29, 0.717) is 11.5 Å². The van der Waals surface area contributed by atoms with E-state index in [-0.39, 0.29) is 25.9 Å². The number of nitrogens with one attached hydrogen (secondary N) is 2. The molecule has 1 atom stereocenters. The summed E-state index contributed by atoms with van der Waals surface area (Å²) < 4.78 is 21.6. The van der Waals surface area contributed by atoms with Crippen LogP contribution in [-0.4, -0.2) is 63.3 Å². The summed E-state index contributed by atoms with van der Waals surface area (Å²) in [6, 6.07) is 17.0. The van der Waals surface area contributed by atoms with Crippen LogP contribution in [0.3, 0.4) is 0 Å². The quantitative estimate of drug-likeness (QED) is 0.449. The number of piperazine rings is 1. The van der Waals surface area contributed by atoms with Gasteiger partial charge in [0.05, 0.1) is 19.4 Å². The second kappa shape index (κ2) is 11.3. The molecule has 2 N–H and O–H groups in total. The highest BCUT2D eigenvalue weighted by atomic mass is 16.7. The maximum absolute atomic E-state index is 12.6. The Morgan fingerprint density at radius 2 is 1.70 bits per heavy atom. The summed E-state index contributed by atoms with van der Waals surface area (Å²) in [6.45, 7) is 3.86. The van der Waals surface area contributed by atoms with Crippen molar-refractivity contribution in [2.75, 3.05) is 51.5 Å². The van der Waals surface area contributed by atoms with E-state index in [2.05, 4.69) is 32.6 Å². The molecule has 1 aromatic heterocycles. The number of hydrogen-bond acceptors (Lipinski definition) is 8. The Hall–Kier alpha value is -4.18. The number of fused-ring (bicyclic) bond motifs is 1. The number of carbonyl (C=O) groups excluding carboxylic acids is 2. The first-order chi connectivity index (χ1) is 18.1. The molecule has 0 spiro atoms. The lowest BCUT2D eigenvalue weighted by molar-refractivity contribution is -0.139. The van der Waals surface area contributed by atoms with Crippen LogP contribution in [0, 0.1) is 0 Å². The van der Waals surface area contributed by atoms with Gasteiger partial charge < -0.3 is 34.2 Å². The van der Waals surface area contributed by atoms with Crippen LogP contribution < -0.4 is 29.7 Å². The van der Waals surface area contributed by atoms with E-state index in [9.17, 15) is 9.59 Å². The van der Waals surface area contributed by atoms with Crippen LogP contribution in [0.4, 0.5) is 5.69 Å². The summed E-state index contributed by atoms with van der Waals surface area (Å²) in [5.41, 5.74) is 1.95. The van der Waals surface area contributed by atoms with Crippen LogP contribution in [0.25, 0.3) is 0 Å². The van der Waals surface area contributed by atoms with Gasteiger partial charge >= 0.3 is 11.8 Å². The topological polar surface area (TPSA) is 106 Å². The van der Waals surface area contributed by atoms with Gasteiger partial charge in [0.2, 0.25) is 6.79 Å². The number of nitrogens with zero attached hydrogens (tertiary/aromatic N) is 2. The summed E-state index contributed by atoms with van der Waals surface area (Å²) in [5, 5.41) is 5.44. The maximum Gasteiger partial charge on any atom is 0.309 e. The molecule has 0 bridgehead atoms. The number of methoxy groups -OCH3 is 1. The zero-order chi connectivity index (χ0) is 25.6. The van der Waals surface area contributed by atoms with Gasteiger partial charge in [-0.25, -0.2) is 0 Å². The largest absolute Gasteiger partial charge is 0.497 e. The van der Waals surface area contributed by atoms with Crippen molar-refractivity contribution < 1.29 is 28.2 Å². The molecule has 0 radical (unpaired) electrons. The molecule has 3 heterocycles. The number of hydrogen-bond donors (Lipinski definition) is 2. The van der Waals surface area contributed by atoms with Crippen molar-refractivity contribution in [2.45, 2.75) is 12.6 Å². The van der Waals surface area contributed by atoms with Crippen LogP contribution >= 0.6 is 0 Å². The number of carbonyl (C=O) groups is 2. The molecule has 37 heavy (non-hydrogen) atoms. The number of amides is 2. The molecular formula is C27H30N4O6. The highest BCUT2D eigenvalue weighted by molar-refractivity contribution is 6.35. The van der Waals surface area contributed by atoms with Crippen molar-refractivity contribution in [1.29, 1.82) is 0 Å². The average molecular weight is 507 g/mol. The lowest BCUT2D eigenvalue weighted by Gasteiger charge is -2.39. The fourth-order valence-electron chi connectivity index (χ4n) is 4.56. The molecule has 5 rings (SSSR count). The summed E-state index contributed by atoms with van der Waals surface area (Å²) in [6.07, 6.45) is 1.62. The van der Waals surface area contributed by atoms with Gasteiger partial charge in [-0.2, -0.15) is 0 Å². The number of ether oxygens (including phenoxy) is 3. The first-order valence-corrected chi connectivity index (χ1v) is 12.2. The van der Waals surface area contributed by atoms with E-state index in [0.717, 1.165) is 48.9 Å². The molecule has 0 unspecified atom stereocenters. The zero-order valence-corrected chi connectivity index (χ0v) is 20.6. The fraction of sp³-hybridized carbons (Fsp3) is 0.333. The molecule has 2 aliphatic heterocycles. The molecule has 194 valence electrons. The highest BCUT2D eigenvalue weighted by Crippen LogP contribution is 2.32. The lowest BCUT2D eigenvalue weighted by atomic mass is 10.1. The molecule has 1 saturated heterocycles. The van der Waals surface area contributed by atoms with Crippen LogP contribution in [-0.2, 0) is 16.1 Å². The molecule has 2 amide bonds. The number of benzene rings is 2. The summed E-state index contributed by atoms with van der Waals surface area (Å²) in [5.74, 6) is 1.50. The standard InChI is InChI=1S/C27H30N4O6/c1-34-21-7-5-20(6-8-21)30-10-12-31(13-11-30)22(23-3-2-14-35-23)17-29-27(33)26(32)28-16-19-4-9-24-25(15-19)37-18-36-24/h2-9,14-15,22H,10-13,16-18H2,1H3,(H,28,32)(H,29,33)/t22-/m1/s1. The second-order valence-electron chi connectivity index (χ2n) is 8.83. The number of anilines is 1. The molecule has 2 aliphatic rings. The third kappa shape index (κ3) is 5.80. The second-order valence-corrected chi connectivity index (χ2v) is 8.83. The minimum Gasteiger partial charge on any atom is -0.497 e. The van der Waals surface area contributed by atoms with Crippen LogP contribution in [0.1, 0.15) is 17.4 Å². The Morgan fingerprint density at radius 3 is 2.43 bits per heavy atom. The first kappa shape index (κ1) is 24.5. The Bertz CT molecular complexity index is 1210. The summed E-state index contributed by atoms with van der Waals surface area (Å²) in [4.78, 5) is 29.6. The van der Waals surface area contributed by atoms with Crippen molar-refractivity contribution >= 4 is 17.5 Å². The van der Waals surface area contributed by atoms with E-state index in [1.54, 1.807) is 25.5 Å². The fourth-order valence-corrected chi connectivity index (χ4v) is 4.56. The molecule has 10 heteroatoms. The van der Waals surface area contributed by atoms with E-state index in [4.69, 9.17) is 18.6 Å². The van der Waals surface area contributed by atoms with Crippen molar-refractivity contribution in [3.05, 3.63) is 72.2 Å². The molecule has 0 saturated carbocycles. The minimum absolute atomic E-state index is 0.181. The SMILES string of the molecule is COc1ccc(N2CCN([C@H](CNC(=O)C(=O)NCc3ccc4c(c3)OCO4)c3ccco3)CC2)cc1. The predicted octanol–water partition coefficient (Wildman–Crippen LogP) is 2.31. The minimum atomic E-state index is -0.694. The van der Waals surface area contributed by atoms with Gasteiger partial charge in [-0.3, -0.25) is 14.5 Å². The normalized spacial score (nSPS) is 15.8. The number of furan rings is 1. The average Bonchev–Trinajstić information content (AvgIpc) is 3.64. The van der Waals surface area contributed by atoms with Gasteiger partial charge in [-0.15, -0.1) is 0 Å². The van der Waals surface area contributed by atoms with E-state index in [1.807, 2.05) is 30.3 Å². The van der Waals surface area contributed by atoms with Crippen molar-refractivity contribution in [3.63, 3.8) is 0 Å². The highest BCUT2D eigenvalue weighted by Gasteiger charge is 2.28. The molecule has 1 fully saturated rings. The predicted molar refractivity (Wildman–Crippen MR) is 136 cm³/mol. The van der Waals surface area contributed by atoms with Crippen molar-refractivity contribution in [2.24, 2.45) is 0 Å². The van der Waals surface area contributed by atoms with Gasteiger partial charge in [0.15, 0.2) is 11.5 Å². The Kier molecular flexibility index (Phi) is 7.46. The summed E-state index contributed by atoms with van der Waals surface area (Å²) in [7, 11) is 1.66. The Balaban J connectivity index is 1.14. The van der Waals surface area contributed by atoms with Crippen LogP contribution in [0.15, 0.2) is 65.3 Å². The maximum atomic E-state index is 12.6. The van der Waals surface area contributed by atoms with Crippen molar-refractivity contribution in [1.82, 2.24) is 15.5 Å². The first-order valence-electron chi connectivity index (χ1n) is 12.2. The zero-order valence-electron chi connectivity index (χ0n) is 20.6. The van der Waals surface area contributed by atoms with Crippen LogP contribution in [0.5, 0.6) is 17.2 Å². The van der Waals surface area contributed by atoms with Gasteiger partial charge in [-0.1, -0.05) is 6.07 Å². The van der Waals surface area contributed by atoms with Gasteiger partial charge in [0.25, 0.3) is 0 Å². The Morgan fingerprint density at radius 1 is 0.946 bits per heavy atom. The molecule has 0 aliphatic carbocycles. The molecule has 3 aromatic rings. The van der Waals surface area contributed by atoms with E-state index in [1.165, 1.54) is 0 Å².